The van der Waals surface area contributed by atoms with Crippen LogP contribution in [0.3, 0.4) is 0 Å². The second kappa shape index (κ2) is 8.37. The summed E-state index contributed by atoms with van der Waals surface area (Å²) >= 11 is -3.60. The zero-order valence-corrected chi connectivity index (χ0v) is 12.4. The molecule has 0 bridgehead atoms. The molecule has 0 saturated heterocycles. The number of rotatable bonds is 6. The number of hydrogen-bond donors (Lipinski definition) is 0. The normalized spacial score (nSPS) is 9.75. The zero-order valence-electron chi connectivity index (χ0n) is 9.57. The quantitative estimate of drug-likeness (QED) is 0.668. The van der Waals surface area contributed by atoms with Gasteiger partial charge < -0.3 is 0 Å². The molecule has 0 spiro atoms. The molecule has 0 aliphatic carbocycles. The standard InChI is InChI=1S/3C3H6O2.Sn/c3*1-2-3(4)5;/h3*2H2,1H3,(H,4,5);/q;;;+3/p-3. The Kier molecular flexibility index (Phi) is 7.96. The van der Waals surface area contributed by atoms with E-state index in [2.05, 4.69) is 0 Å². The topological polar surface area (TPSA) is 78.9 Å². The first-order valence-electron chi connectivity index (χ1n) is 5.02. The summed E-state index contributed by atoms with van der Waals surface area (Å²) in [6.45, 7) is 4.81. The Bertz CT molecular complexity index is 222. The van der Waals surface area contributed by atoms with Gasteiger partial charge in [0.15, 0.2) is 0 Å². The van der Waals surface area contributed by atoms with E-state index in [9.17, 15) is 14.4 Å². The van der Waals surface area contributed by atoms with E-state index in [4.69, 9.17) is 9.22 Å². The Morgan fingerprint density at radius 2 is 1.00 bits per heavy atom. The third-order valence-corrected chi connectivity index (χ3v) is 4.83. The summed E-state index contributed by atoms with van der Waals surface area (Å²) < 4.78 is 14.4. The molecule has 6 nitrogen and oxygen atoms in total. The van der Waals surface area contributed by atoms with Gasteiger partial charge in [0.1, 0.15) is 0 Å². The molecule has 0 N–H and O–H groups in total. The molecule has 0 heterocycles. The van der Waals surface area contributed by atoms with E-state index in [0.29, 0.717) is 0 Å². The molecule has 0 amide bonds. The summed E-state index contributed by atoms with van der Waals surface area (Å²) in [5, 5.41) is 0. The summed E-state index contributed by atoms with van der Waals surface area (Å²) in [5.41, 5.74) is 0. The van der Waals surface area contributed by atoms with Crippen molar-refractivity contribution >= 4 is 38.9 Å². The molecule has 0 aromatic heterocycles. The first kappa shape index (κ1) is 15.2. The van der Waals surface area contributed by atoms with E-state index in [-0.39, 0.29) is 19.3 Å². The SMILES string of the molecule is CCC(=O)[O][Sn]([O]C(=O)CC)[O]C(=O)CC. The summed E-state index contributed by atoms with van der Waals surface area (Å²) in [6, 6.07) is 0. The summed E-state index contributed by atoms with van der Waals surface area (Å²) in [5.74, 6) is -1.58. The van der Waals surface area contributed by atoms with Crippen LogP contribution in [0.1, 0.15) is 40.0 Å². The van der Waals surface area contributed by atoms with Gasteiger partial charge in [-0.15, -0.1) is 0 Å². The van der Waals surface area contributed by atoms with Crippen molar-refractivity contribution < 1.29 is 23.6 Å². The van der Waals surface area contributed by atoms with Crippen LogP contribution in [-0.2, 0) is 23.6 Å². The molecular weight excluding hydrogens is 323 g/mol. The summed E-state index contributed by atoms with van der Waals surface area (Å²) in [4.78, 5) is 33.0. The van der Waals surface area contributed by atoms with Crippen molar-refractivity contribution in [3.05, 3.63) is 0 Å². The Morgan fingerprint density at radius 3 is 1.19 bits per heavy atom. The average Bonchev–Trinajstić information content (AvgIpc) is 2.28. The van der Waals surface area contributed by atoms with E-state index in [0.717, 1.165) is 0 Å². The van der Waals surface area contributed by atoms with E-state index < -0.39 is 38.9 Å². The zero-order chi connectivity index (χ0) is 12.6. The van der Waals surface area contributed by atoms with E-state index in [1.54, 1.807) is 20.8 Å². The first-order valence-corrected chi connectivity index (χ1v) is 8.51. The molecule has 0 aromatic carbocycles. The van der Waals surface area contributed by atoms with Crippen molar-refractivity contribution in [1.29, 1.82) is 0 Å². The van der Waals surface area contributed by atoms with E-state index >= 15 is 0 Å². The van der Waals surface area contributed by atoms with Gasteiger partial charge in [-0.3, -0.25) is 0 Å². The Hall–Kier alpha value is -0.791. The van der Waals surface area contributed by atoms with Crippen molar-refractivity contribution in [2.75, 3.05) is 0 Å². The molecule has 0 fully saturated rings. The van der Waals surface area contributed by atoms with Crippen molar-refractivity contribution in [1.82, 2.24) is 0 Å². The van der Waals surface area contributed by atoms with Crippen LogP contribution < -0.4 is 0 Å². The molecule has 91 valence electrons. The van der Waals surface area contributed by atoms with Crippen LogP contribution in [0.5, 0.6) is 0 Å². The number of hydrogen-bond acceptors (Lipinski definition) is 6. The summed E-state index contributed by atoms with van der Waals surface area (Å²) in [7, 11) is 0. The van der Waals surface area contributed by atoms with Gasteiger partial charge in [-0.1, -0.05) is 0 Å². The minimum atomic E-state index is -3.60. The average molecular weight is 338 g/mol. The Balaban J connectivity index is 4.31. The van der Waals surface area contributed by atoms with Crippen LogP contribution in [0.2, 0.25) is 0 Å². The third kappa shape index (κ3) is 6.65. The maximum absolute atomic E-state index is 11.0. The van der Waals surface area contributed by atoms with Gasteiger partial charge in [0.2, 0.25) is 0 Å². The fraction of sp³-hybridized carbons (Fsp3) is 0.667. The number of carbonyl (C=O) groups excluding carboxylic acids is 3. The van der Waals surface area contributed by atoms with Gasteiger partial charge in [0.05, 0.1) is 0 Å². The maximum atomic E-state index is 11.0. The van der Waals surface area contributed by atoms with Crippen LogP contribution in [0.4, 0.5) is 0 Å². The van der Waals surface area contributed by atoms with Gasteiger partial charge >= 0.3 is 103 Å². The van der Waals surface area contributed by atoms with Gasteiger partial charge in [0.25, 0.3) is 0 Å². The predicted octanol–water partition coefficient (Wildman–Crippen LogP) is 0.831. The fourth-order valence-corrected chi connectivity index (χ4v) is 3.74. The van der Waals surface area contributed by atoms with Crippen LogP contribution in [0.25, 0.3) is 0 Å². The second-order valence-electron chi connectivity index (χ2n) is 2.73. The van der Waals surface area contributed by atoms with Crippen LogP contribution in [-0.4, -0.2) is 38.9 Å². The molecule has 0 atom stereocenters. The molecule has 0 aliphatic rings. The van der Waals surface area contributed by atoms with Gasteiger partial charge in [-0.05, 0) is 0 Å². The minimum absolute atomic E-state index is 0.150. The van der Waals surface area contributed by atoms with Crippen LogP contribution in [0, 0.1) is 0 Å². The van der Waals surface area contributed by atoms with Crippen LogP contribution >= 0.6 is 0 Å². The molecule has 0 aliphatic heterocycles. The number of carbonyl (C=O) groups is 3. The molecule has 7 heteroatoms. The molecule has 16 heavy (non-hydrogen) atoms. The van der Waals surface area contributed by atoms with E-state index in [1.165, 1.54) is 0 Å². The van der Waals surface area contributed by atoms with Crippen molar-refractivity contribution in [3.8, 4) is 0 Å². The molecule has 0 unspecified atom stereocenters. The summed E-state index contributed by atoms with van der Waals surface area (Å²) in [6.07, 6.45) is 0.451. The molecule has 0 saturated carbocycles. The third-order valence-electron chi connectivity index (χ3n) is 1.46. The Labute approximate surface area is 103 Å². The molecular formula is C9H15O6Sn. The fourth-order valence-electron chi connectivity index (χ4n) is 0.558. The van der Waals surface area contributed by atoms with Crippen LogP contribution in [0.15, 0.2) is 0 Å². The monoisotopic (exact) mass is 339 g/mol. The first-order chi connectivity index (χ1) is 7.53. The molecule has 0 rings (SSSR count). The molecule has 0 aromatic rings. The predicted molar refractivity (Wildman–Crippen MR) is 54.9 cm³/mol. The molecule has 1 radical (unpaired) electrons. The van der Waals surface area contributed by atoms with Crippen molar-refractivity contribution in [3.63, 3.8) is 0 Å². The second-order valence-corrected chi connectivity index (χ2v) is 5.91. The van der Waals surface area contributed by atoms with Crippen molar-refractivity contribution in [2.45, 2.75) is 40.0 Å². The van der Waals surface area contributed by atoms with E-state index in [1.807, 2.05) is 0 Å². The Morgan fingerprint density at radius 1 is 0.750 bits per heavy atom. The van der Waals surface area contributed by atoms with Gasteiger partial charge in [-0.25, -0.2) is 0 Å². The van der Waals surface area contributed by atoms with Gasteiger partial charge in [-0.2, -0.15) is 0 Å². The van der Waals surface area contributed by atoms with Gasteiger partial charge in [0, 0.05) is 0 Å². The van der Waals surface area contributed by atoms with Crippen molar-refractivity contribution in [2.24, 2.45) is 0 Å².